The summed E-state index contributed by atoms with van der Waals surface area (Å²) in [4.78, 5) is 12.0. The smallest absolute Gasteiger partial charge is 0.340 e. The summed E-state index contributed by atoms with van der Waals surface area (Å²) in [7, 11) is 0. The van der Waals surface area contributed by atoms with Crippen molar-refractivity contribution in [1.29, 1.82) is 0 Å². The van der Waals surface area contributed by atoms with Crippen molar-refractivity contribution in [2.24, 2.45) is 0 Å². The Morgan fingerprint density at radius 2 is 1.76 bits per heavy atom. The molecule has 0 unspecified atom stereocenters. The van der Waals surface area contributed by atoms with Gasteiger partial charge in [0.05, 0.1) is 25.1 Å². The third-order valence-corrected chi connectivity index (χ3v) is 3.56. The van der Waals surface area contributed by atoms with Crippen molar-refractivity contribution in [3.8, 4) is 0 Å². The number of anilines is 1. The van der Waals surface area contributed by atoms with E-state index >= 15 is 0 Å². The first-order valence-electron chi connectivity index (χ1n) is 8.11. The van der Waals surface area contributed by atoms with Gasteiger partial charge in [0.1, 0.15) is 0 Å². The zero-order valence-corrected chi connectivity index (χ0v) is 13.9. The molecule has 0 aliphatic carbocycles. The summed E-state index contributed by atoms with van der Waals surface area (Å²) >= 11 is 0. The van der Waals surface area contributed by atoms with Crippen LogP contribution in [0.4, 0.5) is 5.69 Å². The first-order chi connectivity index (χ1) is 12.3. The molecule has 3 aromatic rings. The van der Waals surface area contributed by atoms with Crippen LogP contribution in [0.1, 0.15) is 34.6 Å². The van der Waals surface area contributed by atoms with E-state index in [1.807, 2.05) is 42.5 Å². The number of rotatable bonds is 7. The average molecular weight is 337 g/mol. The molecule has 3 rings (SSSR count). The second kappa shape index (κ2) is 8.10. The molecule has 25 heavy (non-hydrogen) atoms. The molecule has 128 valence electrons. The number of benzene rings is 2. The van der Waals surface area contributed by atoms with E-state index in [1.165, 1.54) is 0 Å². The van der Waals surface area contributed by atoms with E-state index in [-0.39, 0.29) is 5.97 Å². The van der Waals surface area contributed by atoms with Gasteiger partial charge in [-0.25, -0.2) is 4.79 Å². The molecule has 0 fully saturated rings. The predicted molar refractivity (Wildman–Crippen MR) is 93.3 cm³/mol. The normalized spacial score (nSPS) is 10.4. The van der Waals surface area contributed by atoms with E-state index in [1.54, 1.807) is 19.1 Å². The quantitative estimate of drug-likeness (QED) is 0.665. The monoisotopic (exact) mass is 337 g/mol. The second-order valence-electron chi connectivity index (χ2n) is 5.37. The molecule has 0 aliphatic heterocycles. The number of hydrogen-bond donors (Lipinski definition) is 1. The van der Waals surface area contributed by atoms with Crippen LogP contribution in [0.2, 0.25) is 0 Å². The molecule has 0 amide bonds. The van der Waals surface area contributed by atoms with E-state index in [4.69, 9.17) is 9.15 Å². The van der Waals surface area contributed by atoms with Crippen LogP contribution in [0.25, 0.3) is 0 Å². The highest BCUT2D eigenvalue weighted by Crippen LogP contribution is 2.17. The van der Waals surface area contributed by atoms with Crippen LogP contribution in [0.3, 0.4) is 0 Å². The van der Waals surface area contributed by atoms with Gasteiger partial charge in [-0.15, -0.1) is 10.2 Å². The van der Waals surface area contributed by atoms with E-state index in [2.05, 4.69) is 15.5 Å². The van der Waals surface area contributed by atoms with Crippen LogP contribution in [-0.4, -0.2) is 22.8 Å². The van der Waals surface area contributed by atoms with Gasteiger partial charge in [-0.3, -0.25) is 0 Å². The van der Waals surface area contributed by atoms with Gasteiger partial charge >= 0.3 is 5.97 Å². The fraction of sp³-hybridized carbons (Fsp3) is 0.211. The van der Waals surface area contributed by atoms with Gasteiger partial charge < -0.3 is 14.5 Å². The maximum atomic E-state index is 12.0. The Morgan fingerprint density at radius 3 is 2.56 bits per heavy atom. The third kappa shape index (κ3) is 4.44. The van der Waals surface area contributed by atoms with E-state index in [0.29, 0.717) is 42.6 Å². The summed E-state index contributed by atoms with van der Waals surface area (Å²) in [5.74, 6) is 0.659. The maximum Gasteiger partial charge on any atom is 0.340 e. The molecule has 1 N–H and O–H groups in total. The molecule has 0 radical (unpaired) electrons. The van der Waals surface area contributed by atoms with Crippen LogP contribution in [0.15, 0.2) is 59.0 Å². The Balaban J connectivity index is 1.64. The second-order valence-corrected chi connectivity index (χ2v) is 5.37. The SMILES string of the molecule is CCOC(=O)c1ccccc1NCc1nnc(Cc2ccccc2)o1. The number of hydrogen-bond acceptors (Lipinski definition) is 6. The van der Waals surface area contributed by atoms with Crippen molar-refractivity contribution >= 4 is 11.7 Å². The minimum atomic E-state index is -0.360. The minimum Gasteiger partial charge on any atom is -0.462 e. The maximum absolute atomic E-state index is 12.0. The summed E-state index contributed by atoms with van der Waals surface area (Å²) in [5, 5.41) is 11.3. The van der Waals surface area contributed by atoms with Gasteiger partial charge in [0.15, 0.2) is 0 Å². The van der Waals surface area contributed by atoms with E-state index in [0.717, 1.165) is 5.56 Å². The topological polar surface area (TPSA) is 77.2 Å². The molecule has 0 aliphatic rings. The highest BCUT2D eigenvalue weighted by atomic mass is 16.5. The lowest BCUT2D eigenvalue weighted by Crippen LogP contribution is -2.09. The first-order valence-corrected chi connectivity index (χ1v) is 8.11. The van der Waals surface area contributed by atoms with Crippen LogP contribution in [0.5, 0.6) is 0 Å². The molecule has 0 atom stereocenters. The number of ether oxygens (including phenoxy) is 1. The Hall–Kier alpha value is -3.15. The summed E-state index contributed by atoms with van der Waals surface area (Å²) < 4.78 is 10.7. The third-order valence-electron chi connectivity index (χ3n) is 3.56. The molecule has 1 heterocycles. The number of esters is 1. The van der Waals surface area contributed by atoms with Crippen LogP contribution >= 0.6 is 0 Å². The van der Waals surface area contributed by atoms with Crippen LogP contribution < -0.4 is 5.32 Å². The molecular weight excluding hydrogens is 318 g/mol. The zero-order chi connectivity index (χ0) is 17.5. The van der Waals surface area contributed by atoms with Gasteiger partial charge in [-0.2, -0.15) is 0 Å². The Labute approximate surface area is 145 Å². The number of nitrogens with one attached hydrogen (secondary N) is 1. The van der Waals surface area contributed by atoms with Crippen LogP contribution in [-0.2, 0) is 17.7 Å². The number of carbonyl (C=O) groups is 1. The lowest BCUT2D eigenvalue weighted by atomic mass is 10.1. The van der Waals surface area contributed by atoms with Crippen molar-refractivity contribution in [3.63, 3.8) is 0 Å². The highest BCUT2D eigenvalue weighted by molar-refractivity contribution is 5.95. The number of nitrogens with zero attached hydrogens (tertiary/aromatic N) is 2. The molecule has 6 heteroatoms. The molecule has 0 saturated heterocycles. The zero-order valence-electron chi connectivity index (χ0n) is 13.9. The number of aromatic nitrogens is 2. The Bertz CT molecular complexity index is 831. The van der Waals surface area contributed by atoms with Gasteiger partial charge in [0.25, 0.3) is 0 Å². The van der Waals surface area contributed by atoms with Crippen molar-refractivity contribution in [2.45, 2.75) is 19.9 Å². The lowest BCUT2D eigenvalue weighted by Gasteiger charge is -2.09. The van der Waals surface area contributed by atoms with Gasteiger partial charge in [0.2, 0.25) is 11.8 Å². The van der Waals surface area contributed by atoms with Crippen molar-refractivity contribution in [2.75, 3.05) is 11.9 Å². The molecule has 2 aromatic carbocycles. The molecule has 6 nitrogen and oxygen atoms in total. The summed E-state index contributed by atoms with van der Waals surface area (Å²) in [6.45, 7) is 2.44. The average Bonchev–Trinajstić information content (AvgIpc) is 3.08. The van der Waals surface area contributed by atoms with Crippen LogP contribution in [0, 0.1) is 0 Å². The molecule has 1 aromatic heterocycles. The molecule has 0 bridgehead atoms. The molecule has 0 spiro atoms. The summed E-state index contributed by atoms with van der Waals surface area (Å²) in [6, 6.07) is 17.1. The fourth-order valence-corrected chi connectivity index (χ4v) is 2.40. The fourth-order valence-electron chi connectivity index (χ4n) is 2.40. The molecular formula is C19H19N3O3. The minimum absolute atomic E-state index is 0.332. The van der Waals surface area contributed by atoms with Gasteiger partial charge in [-0.1, -0.05) is 42.5 Å². The largest absolute Gasteiger partial charge is 0.462 e. The lowest BCUT2D eigenvalue weighted by molar-refractivity contribution is 0.0527. The van der Waals surface area contributed by atoms with Crippen molar-refractivity contribution in [1.82, 2.24) is 10.2 Å². The Kier molecular flexibility index (Phi) is 5.41. The predicted octanol–water partition coefficient (Wildman–Crippen LogP) is 3.45. The number of carbonyl (C=O) groups excluding carboxylic acids is 1. The standard InChI is InChI=1S/C19H19N3O3/c1-2-24-19(23)15-10-6-7-11-16(15)20-13-18-22-21-17(25-18)12-14-8-4-3-5-9-14/h3-11,20H,2,12-13H2,1H3. The highest BCUT2D eigenvalue weighted by Gasteiger charge is 2.13. The van der Waals surface area contributed by atoms with E-state index in [9.17, 15) is 4.79 Å². The van der Waals surface area contributed by atoms with Gasteiger partial charge in [-0.05, 0) is 24.6 Å². The van der Waals surface area contributed by atoms with Gasteiger partial charge in [0, 0.05) is 5.69 Å². The van der Waals surface area contributed by atoms with E-state index < -0.39 is 0 Å². The van der Waals surface area contributed by atoms with Crippen molar-refractivity contribution < 1.29 is 13.9 Å². The molecule has 0 saturated carbocycles. The summed E-state index contributed by atoms with van der Waals surface area (Å²) in [6.07, 6.45) is 0.591. The Morgan fingerprint density at radius 1 is 1.04 bits per heavy atom. The number of para-hydroxylation sites is 1. The summed E-state index contributed by atoms with van der Waals surface area (Å²) in [5.41, 5.74) is 2.26. The first kappa shape index (κ1) is 16.7. The van der Waals surface area contributed by atoms with Crippen molar-refractivity contribution in [3.05, 3.63) is 77.5 Å².